The number of phenols is 1. The number of amides is 3. The van der Waals surface area contributed by atoms with Gasteiger partial charge in [-0.1, -0.05) is 24.3 Å². The zero-order valence-corrected chi connectivity index (χ0v) is 12.9. The van der Waals surface area contributed by atoms with Crippen LogP contribution in [0, 0.1) is 0 Å². The molecule has 4 N–H and O–H groups in total. The number of phenolic OH excluding ortho intramolecular Hbond substituents is 1. The van der Waals surface area contributed by atoms with Crippen LogP contribution >= 0.6 is 0 Å². The molecule has 0 aliphatic carbocycles. The SMILES string of the molecule is CC(OC(=O)c1ccc(-c2ccc(O)cc2)cc1)C(=O)NC(N)=O. The average molecular weight is 328 g/mol. The van der Waals surface area contributed by atoms with Crippen molar-refractivity contribution in [1.82, 2.24) is 5.32 Å². The molecule has 7 heteroatoms. The van der Waals surface area contributed by atoms with Gasteiger partial charge in [0, 0.05) is 0 Å². The van der Waals surface area contributed by atoms with Crippen molar-refractivity contribution in [1.29, 1.82) is 0 Å². The molecule has 7 nitrogen and oxygen atoms in total. The van der Waals surface area contributed by atoms with Gasteiger partial charge in [0.25, 0.3) is 5.91 Å². The smallest absolute Gasteiger partial charge is 0.338 e. The van der Waals surface area contributed by atoms with Crippen LogP contribution in [-0.2, 0) is 9.53 Å². The second-order valence-corrected chi connectivity index (χ2v) is 5.03. The molecule has 3 amide bonds. The average Bonchev–Trinajstić information content (AvgIpc) is 2.55. The highest BCUT2D eigenvalue weighted by Crippen LogP contribution is 2.22. The summed E-state index contributed by atoms with van der Waals surface area (Å²) < 4.78 is 4.97. The third kappa shape index (κ3) is 4.33. The summed E-state index contributed by atoms with van der Waals surface area (Å²) in [6, 6.07) is 12.2. The minimum Gasteiger partial charge on any atom is -0.508 e. The van der Waals surface area contributed by atoms with Crippen molar-refractivity contribution >= 4 is 17.9 Å². The first-order chi connectivity index (χ1) is 11.4. The molecule has 0 aliphatic heterocycles. The first-order valence-corrected chi connectivity index (χ1v) is 7.07. The van der Waals surface area contributed by atoms with Crippen molar-refractivity contribution in [2.24, 2.45) is 5.73 Å². The number of rotatable bonds is 4. The van der Waals surface area contributed by atoms with Crippen LogP contribution in [0.1, 0.15) is 17.3 Å². The van der Waals surface area contributed by atoms with Crippen LogP contribution in [0.3, 0.4) is 0 Å². The molecule has 2 aromatic rings. The molecule has 0 spiro atoms. The molecule has 124 valence electrons. The lowest BCUT2D eigenvalue weighted by molar-refractivity contribution is -0.127. The lowest BCUT2D eigenvalue weighted by Gasteiger charge is -2.12. The molecule has 2 rings (SSSR count). The zero-order valence-electron chi connectivity index (χ0n) is 12.9. The predicted octanol–water partition coefficient (Wildman–Crippen LogP) is 1.80. The van der Waals surface area contributed by atoms with E-state index in [1.807, 2.05) is 5.32 Å². The van der Waals surface area contributed by atoms with Gasteiger partial charge in [-0.25, -0.2) is 9.59 Å². The summed E-state index contributed by atoms with van der Waals surface area (Å²) >= 11 is 0. The molecule has 0 radical (unpaired) electrons. The van der Waals surface area contributed by atoms with Gasteiger partial charge >= 0.3 is 12.0 Å². The highest BCUT2D eigenvalue weighted by molar-refractivity contribution is 5.98. The van der Waals surface area contributed by atoms with Crippen molar-refractivity contribution < 1.29 is 24.2 Å². The first kappa shape index (κ1) is 17.0. The largest absolute Gasteiger partial charge is 0.508 e. The van der Waals surface area contributed by atoms with E-state index in [2.05, 4.69) is 0 Å². The standard InChI is InChI=1S/C17H16N2O5/c1-10(15(21)19-17(18)23)24-16(22)13-4-2-11(3-5-13)12-6-8-14(20)9-7-12/h2-10,20H,1H3,(H3,18,19,21,23). The summed E-state index contributed by atoms with van der Waals surface area (Å²) in [7, 11) is 0. The van der Waals surface area contributed by atoms with Crippen LogP contribution in [0.4, 0.5) is 4.79 Å². The van der Waals surface area contributed by atoms with Gasteiger partial charge in [-0.3, -0.25) is 10.1 Å². The van der Waals surface area contributed by atoms with E-state index < -0.39 is 24.0 Å². The summed E-state index contributed by atoms with van der Waals surface area (Å²) in [5, 5.41) is 11.1. The molecular formula is C17H16N2O5. The van der Waals surface area contributed by atoms with E-state index in [0.29, 0.717) is 0 Å². The van der Waals surface area contributed by atoms with Gasteiger partial charge in [-0.15, -0.1) is 0 Å². The Morgan fingerprint density at radius 1 is 1.00 bits per heavy atom. The molecule has 2 aromatic carbocycles. The molecule has 0 fully saturated rings. The molecule has 0 aliphatic rings. The van der Waals surface area contributed by atoms with Crippen LogP contribution in [-0.4, -0.2) is 29.1 Å². The third-order valence-electron chi connectivity index (χ3n) is 3.22. The van der Waals surface area contributed by atoms with Crippen LogP contribution in [0.25, 0.3) is 11.1 Å². The summed E-state index contributed by atoms with van der Waals surface area (Å²) in [5.41, 5.74) is 6.82. The van der Waals surface area contributed by atoms with Gasteiger partial charge in [0.05, 0.1) is 5.56 Å². The zero-order chi connectivity index (χ0) is 17.7. The van der Waals surface area contributed by atoms with Crippen molar-refractivity contribution in [3.8, 4) is 16.9 Å². The topological polar surface area (TPSA) is 119 Å². The Kier molecular flexibility index (Phi) is 5.16. The number of carbonyl (C=O) groups is 3. The Labute approximate surface area is 138 Å². The lowest BCUT2D eigenvalue weighted by atomic mass is 10.0. The van der Waals surface area contributed by atoms with E-state index in [0.717, 1.165) is 11.1 Å². The Morgan fingerprint density at radius 2 is 1.50 bits per heavy atom. The predicted molar refractivity (Wildman–Crippen MR) is 86.1 cm³/mol. The van der Waals surface area contributed by atoms with Crippen molar-refractivity contribution in [2.45, 2.75) is 13.0 Å². The molecule has 0 aromatic heterocycles. The number of nitrogens with one attached hydrogen (secondary N) is 1. The Balaban J connectivity index is 2.04. The number of imide groups is 1. The van der Waals surface area contributed by atoms with Gasteiger partial charge in [0.2, 0.25) is 0 Å². The number of esters is 1. The fourth-order valence-electron chi connectivity index (χ4n) is 1.96. The number of benzene rings is 2. The van der Waals surface area contributed by atoms with Crippen LogP contribution < -0.4 is 11.1 Å². The monoisotopic (exact) mass is 328 g/mol. The number of nitrogens with two attached hydrogens (primary N) is 1. The first-order valence-electron chi connectivity index (χ1n) is 7.07. The molecule has 0 saturated heterocycles. The van der Waals surface area contributed by atoms with Crippen molar-refractivity contribution in [2.75, 3.05) is 0 Å². The number of hydrogen-bond donors (Lipinski definition) is 3. The molecular weight excluding hydrogens is 312 g/mol. The number of carbonyl (C=O) groups excluding carboxylic acids is 3. The van der Waals surface area contributed by atoms with E-state index in [1.165, 1.54) is 6.92 Å². The van der Waals surface area contributed by atoms with E-state index in [4.69, 9.17) is 10.5 Å². The second-order valence-electron chi connectivity index (χ2n) is 5.03. The third-order valence-corrected chi connectivity index (χ3v) is 3.22. The number of primary amides is 1. The van der Waals surface area contributed by atoms with Crippen LogP contribution in [0.15, 0.2) is 48.5 Å². The molecule has 0 saturated carbocycles. The Bertz CT molecular complexity index is 754. The number of urea groups is 1. The second kappa shape index (κ2) is 7.28. The highest BCUT2D eigenvalue weighted by Gasteiger charge is 2.19. The Hall–Kier alpha value is -3.35. The normalized spacial score (nSPS) is 11.4. The number of aromatic hydroxyl groups is 1. The molecule has 0 heterocycles. The van der Waals surface area contributed by atoms with E-state index >= 15 is 0 Å². The maximum Gasteiger partial charge on any atom is 0.338 e. The Morgan fingerprint density at radius 3 is 2.00 bits per heavy atom. The van der Waals surface area contributed by atoms with E-state index in [1.54, 1.807) is 48.5 Å². The quantitative estimate of drug-likeness (QED) is 0.739. The molecule has 24 heavy (non-hydrogen) atoms. The highest BCUT2D eigenvalue weighted by atomic mass is 16.5. The molecule has 1 unspecified atom stereocenters. The molecule has 1 atom stereocenters. The van der Waals surface area contributed by atoms with Gasteiger partial charge in [0.1, 0.15) is 5.75 Å². The van der Waals surface area contributed by atoms with E-state index in [9.17, 15) is 19.5 Å². The van der Waals surface area contributed by atoms with Crippen molar-refractivity contribution in [3.63, 3.8) is 0 Å². The van der Waals surface area contributed by atoms with E-state index in [-0.39, 0.29) is 11.3 Å². The maximum atomic E-state index is 12.0. The minimum atomic E-state index is -1.15. The van der Waals surface area contributed by atoms with Gasteiger partial charge in [-0.05, 0) is 42.3 Å². The summed E-state index contributed by atoms with van der Waals surface area (Å²) in [5.74, 6) is -1.32. The van der Waals surface area contributed by atoms with Gasteiger partial charge in [-0.2, -0.15) is 0 Å². The van der Waals surface area contributed by atoms with Crippen molar-refractivity contribution in [3.05, 3.63) is 54.1 Å². The number of hydrogen-bond acceptors (Lipinski definition) is 5. The minimum absolute atomic E-state index is 0.169. The number of ether oxygens (including phenoxy) is 1. The fraction of sp³-hybridized carbons (Fsp3) is 0.118. The van der Waals surface area contributed by atoms with Gasteiger partial charge in [0.15, 0.2) is 6.10 Å². The van der Waals surface area contributed by atoms with Crippen LogP contribution in [0.2, 0.25) is 0 Å². The maximum absolute atomic E-state index is 12.0. The lowest BCUT2D eigenvalue weighted by Crippen LogP contribution is -2.42. The van der Waals surface area contributed by atoms with Gasteiger partial charge < -0.3 is 15.6 Å². The van der Waals surface area contributed by atoms with Crippen LogP contribution in [0.5, 0.6) is 5.75 Å². The summed E-state index contributed by atoms with van der Waals surface area (Å²) in [6.45, 7) is 1.33. The summed E-state index contributed by atoms with van der Waals surface area (Å²) in [4.78, 5) is 34.1. The molecule has 0 bridgehead atoms. The fourth-order valence-corrected chi connectivity index (χ4v) is 1.96. The summed E-state index contributed by atoms with van der Waals surface area (Å²) in [6.07, 6.45) is -1.15.